The van der Waals surface area contributed by atoms with Crippen molar-refractivity contribution in [2.45, 2.75) is 6.54 Å². The average molecular weight is 338 g/mol. The molecule has 0 saturated heterocycles. The van der Waals surface area contributed by atoms with Crippen LogP contribution in [-0.2, 0) is 6.54 Å². The summed E-state index contributed by atoms with van der Waals surface area (Å²) in [5.74, 6) is -0.742. The lowest BCUT2D eigenvalue weighted by Crippen LogP contribution is -2.30. The molecule has 2 heterocycles. The van der Waals surface area contributed by atoms with Crippen molar-refractivity contribution in [1.29, 1.82) is 0 Å². The second-order valence-electron chi connectivity index (χ2n) is 5.46. The summed E-state index contributed by atoms with van der Waals surface area (Å²) in [7, 11) is 1.65. The highest BCUT2D eigenvalue weighted by atomic mass is 19.1. The lowest BCUT2D eigenvalue weighted by atomic mass is 10.2. The van der Waals surface area contributed by atoms with Gasteiger partial charge in [0.05, 0.1) is 5.69 Å². The third-order valence-corrected chi connectivity index (χ3v) is 3.61. The second kappa shape index (κ2) is 7.04. The number of carbonyl (C=O) groups excluding carboxylic acids is 1. The van der Waals surface area contributed by atoms with Gasteiger partial charge >= 0.3 is 0 Å². The fourth-order valence-corrected chi connectivity index (χ4v) is 2.32. The molecule has 0 bridgehead atoms. The SMILES string of the molecule is CN(Cc1ccncc1)C(=O)c1ccc(=O)n(-c2ccc(F)cc2)n1. The topological polar surface area (TPSA) is 68.1 Å². The van der Waals surface area contributed by atoms with E-state index in [1.165, 1.54) is 41.3 Å². The van der Waals surface area contributed by atoms with E-state index in [0.717, 1.165) is 10.2 Å². The van der Waals surface area contributed by atoms with Gasteiger partial charge in [-0.1, -0.05) is 0 Å². The summed E-state index contributed by atoms with van der Waals surface area (Å²) in [6.45, 7) is 0.388. The lowest BCUT2D eigenvalue weighted by molar-refractivity contribution is 0.0777. The predicted molar refractivity (Wildman–Crippen MR) is 89.8 cm³/mol. The fourth-order valence-electron chi connectivity index (χ4n) is 2.32. The van der Waals surface area contributed by atoms with E-state index in [0.29, 0.717) is 12.2 Å². The van der Waals surface area contributed by atoms with Crippen molar-refractivity contribution in [1.82, 2.24) is 19.7 Å². The molecule has 0 atom stereocenters. The van der Waals surface area contributed by atoms with Gasteiger partial charge in [0.1, 0.15) is 11.5 Å². The molecule has 0 radical (unpaired) electrons. The minimum absolute atomic E-state index is 0.125. The average Bonchev–Trinajstić information content (AvgIpc) is 2.63. The molecule has 0 fully saturated rings. The Labute approximate surface area is 143 Å². The zero-order valence-electron chi connectivity index (χ0n) is 13.5. The molecular weight excluding hydrogens is 323 g/mol. The Bertz CT molecular complexity index is 939. The van der Waals surface area contributed by atoms with Gasteiger partial charge in [0.25, 0.3) is 11.5 Å². The molecule has 3 aromatic rings. The number of benzene rings is 1. The number of rotatable bonds is 4. The van der Waals surface area contributed by atoms with Crippen molar-refractivity contribution >= 4 is 5.91 Å². The summed E-state index contributed by atoms with van der Waals surface area (Å²) >= 11 is 0. The van der Waals surface area contributed by atoms with E-state index in [-0.39, 0.29) is 11.6 Å². The Kier molecular flexibility index (Phi) is 4.65. The summed E-state index contributed by atoms with van der Waals surface area (Å²) < 4.78 is 14.1. The van der Waals surface area contributed by atoms with Crippen LogP contribution < -0.4 is 5.56 Å². The quantitative estimate of drug-likeness (QED) is 0.730. The van der Waals surface area contributed by atoms with Crippen molar-refractivity contribution in [3.05, 3.63) is 88.4 Å². The van der Waals surface area contributed by atoms with Gasteiger partial charge in [-0.3, -0.25) is 14.6 Å². The molecule has 0 aliphatic heterocycles. The predicted octanol–water partition coefficient (Wildman–Crippen LogP) is 2.04. The first-order valence-electron chi connectivity index (χ1n) is 7.55. The number of aromatic nitrogens is 3. The zero-order valence-corrected chi connectivity index (χ0v) is 13.5. The normalized spacial score (nSPS) is 10.5. The Balaban J connectivity index is 1.87. The smallest absolute Gasteiger partial charge is 0.274 e. The molecule has 0 N–H and O–H groups in total. The maximum absolute atomic E-state index is 13.1. The van der Waals surface area contributed by atoms with Crippen LogP contribution in [0.4, 0.5) is 4.39 Å². The van der Waals surface area contributed by atoms with Crippen molar-refractivity contribution in [2.75, 3.05) is 7.05 Å². The summed E-state index contributed by atoms with van der Waals surface area (Å²) in [6.07, 6.45) is 3.31. The summed E-state index contributed by atoms with van der Waals surface area (Å²) in [4.78, 5) is 30.0. The maximum Gasteiger partial charge on any atom is 0.274 e. The van der Waals surface area contributed by atoms with Gasteiger partial charge in [-0.05, 0) is 48.0 Å². The molecular formula is C18H15FN4O2. The van der Waals surface area contributed by atoms with Gasteiger partial charge in [0.15, 0.2) is 0 Å². The van der Waals surface area contributed by atoms with Crippen molar-refractivity contribution in [2.24, 2.45) is 0 Å². The first kappa shape index (κ1) is 16.5. The van der Waals surface area contributed by atoms with Gasteiger partial charge in [-0.25, -0.2) is 4.39 Å². The van der Waals surface area contributed by atoms with Crippen LogP contribution in [0.1, 0.15) is 16.1 Å². The number of carbonyl (C=O) groups is 1. The van der Waals surface area contributed by atoms with Gasteiger partial charge in [0.2, 0.25) is 0 Å². The number of amides is 1. The molecule has 0 unspecified atom stereocenters. The number of pyridine rings is 1. The molecule has 126 valence electrons. The van der Waals surface area contributed by atoms with Crippen molar-refractivity contribution in [3.8, 4) is 5.69 Å². The second-order valence-corrected chi connectivity index (χ2v) is 5.46. The third-order valence-electron chi connectivity index (χ3n) is 3.61. The summed E-state index contributed by atoms with van der Waals surface area (Å²) in [5.41, 5.74) is 1.04. The monoisotopic (exact) mass is 338 g/mol. The van der Waals surface area contributed by atoms with Crippen LogP contribution in [-0.4, -0.2) is 32.6 Å². The van der Waals surface area contributed by atoms with E-state index in [1.54, 1.807) is 19.4 Å². The first-order valence-corrected chi connectivity index (χ1v) is 7.55. The van der Waals surface area contributed by atoms with Crippen molar-refractivity contribution in [3.63, 3.8) is 0 Å². The first-order chi connectivity index (χ1) is 12.0. The number of hydrogen-bond donors (Lipinski definition) is 0. The molecule has 0 spiro atoms. The highest BCUT2D eigenvalue weighted by Gasteiger charge is 2.15. The van der Waals surface area contributed by atoms with Crippen molar-refractivity contribution < 1.29 is 9.18 Å². The van der Waals surface area contributed by atoms with E-state index >= 15 is 0 Å². The Morgan fingerprint density at radius 1 is 1.08 bits per heavy atom. The molecule has 6 nitrogen and oxygen atoms in total. The molecule has 0 saturated carbocycles. The van der Waals surface area contributed by atoms with E-state index in [9.17, 15) is 14.0 Å². The van der Waals surface area contributed by atoms with Crippen LogP contribution in [0.3, 0.4) is 0 Å². The van der Waals surface area contributed by atoms with E-state index in [2.05, 4.69) is 10.1 Å². The van der Waals surface area contributed by atoms with Crippen LogP contribution in [0, 0.1) is 5.82 Å². The third kappa shape index (κ3) is 3.77. The Morgan fingerprint density at radius 3 is 2.44 bits per heavy atom. The van der Waals surface area contributed by atoms with Crippen LogP contribution in [0.2, 0.25) is 0 Å². The number of hydrogen-bond acceptors (Lipinski definition) is 4. The van der Waals surface area contributed by atoms with E-state index < -0.39 is 11.4 Å². The van der Waals surface area contributed by atoms with Gasteiger partial charge in [-0.2, -0.15) is 9.78 Å². The van der Waals surface area contributed by atoms with Gasteiger partial charge in [-0.15, -0.1) is 0 Å². The minimum Gasteiger partial charge on any atom is -0.336 e. The van der Waals surface area contributed by atoms with Crippen LogP contribution in [0.15, 0.2) is 65.7 Å². The Hall–Kier alpha value is -3.35. The molecule has 2 aromatic heterocycles. The molecule has 0 aliphatic carbocycles. The standard InChI is InChI=1S/C18H15FN4O2/c1-22(12-13-8-10-20-11-9-13)18(25)16-6-7-17(24)23(21-16)15-4-2-14(19)3-5-15/h2-11H,12H2,1H3. The zero-order chi connectivity index (χ0) is 17.8. The number of nitrogens with zero attached hydrogens (tertiary/aromatic N) is 4. The largest absolute Gasteiger partial charge is 0.336 e. The molecule has 1 amide bonds. The Morgan fingerprint density at radius 2 is 1.76 bits per heavy atom. The molecule has 3 rings (SSSR count). The van der Waals surface area contributed by atoms with Gasteiger partial charge in [0, 0.05) is 32.1 Å². The fraction of sp³-hybridized carbons (Fsp3) is 0.111. The number of halogens is 1. The molecule has 0 aliphatic rings. The summed E-state index contributed by atoms with van der Waals surface area (Å²) in [5, 5.41) is 4.11. The van der Waals surface area contributed by atoms with Crippen LogP contribution in [0.25, 0.3) is 5.69 Å². The van der Waals surface area contributed by atoms with Gasteiger partial charge < -0.3 is 4.90 Å². The molecule has 7 heteroatoms. The highest BCUT2D eigenvalue weighted by Crippen LogP contribution is 2.08. The highest BCUT2D eigenvalue weighted by molar-refractivity contribution is 5.91. The summed E-state index contributed by atoms with van der Waals surface area (Å²) in [6, 6.07) is 11.6. The maximum atomic E-state index is 13.1. The van der Waals surface area contributed by atoms with E-state index in [4.69, 9.17) is 0 Å². The molecule has 25 heavy (non-hydrogen) atoms. The molecule has 1 aromatic carbocycles. The lowest BCUT2D eigenvalue weighted by Gasteiger charge is -2.17. The van der Waals surface area contributed by atoms with Crippen LogP contribution in [0.5, 0.6) is 0 Å². The van der Waals surface area contributed by atoms with E-state index in [1.807, 2.05) is 12.1 Å². The van der Waals surface area contributed by atoms with Crippen LogP contribution >= 0.6 is 0 Å². The minimum atomic E-state index is -0.416.